The molecular formula is C11H14F3N3OS. The van der Waals surface area contributed by atoms with Gasteiger partial charge in [-0.15, -0.1) is 11.3 Å². The van der Waals surface area contributed by atoms with E-state index < -0.39 is 18.5 Å². The number of nitrogen functional groups attached to an aromatic ring is 1. The molecule has 2 rings (SSSR count). The largest absolute Gasteiger partial charge is 0.397 e. The molecule has 0 spiro atoms. The van der Waals surface area contributed by atoms with Gasteiger partial charge < -0.3 is 16.8 Å². The summed E-state index contributed by atoms with van der Waals surface area (Å²) in [6.07, 6.45) is -3.26. The fourth-order valence-electron chi connectivity index (χ4n) is 1.87. The van der Waals surface area contributed by atoms with Gasteiger partial charge in [-0.2, -0.15) is 13.2 Å². The van der Waals surface area contributed by atoms with E-state index >= 15 is 0 Å². The van der Waals surface area contributed by atoms with E-state index in [9.17, 15) is 18.0 Å². The summed E-state index contributed by atoms with van der Waals surface area (Å²) in [5, 5.41) is 3.26. The van der Waals surface area contributed by atoms with Crippen LogP contribution in [0.15, 0.2) is 0 Å². The Labute approximate surface area is 112 Å². The quantitative estimate of drug-likeness (QED) is 0.780. The normalized spacial score (nSPS) is 15.5. The van der Waals surface area contributed by atoms with Crippen molar-refractivity contribution in [3.05, 3.63) is 10.4 Å². The van der Waals surface area contributed by atoms with E-state index in [1.54, 1.807) is 0 Å². The number of anilines is 2. The van der Waals surface area contributed by atoms with E-state index in [1.807, 2.05) is 0 Å². The highest BCUT2D eigenvalue weighted by Crippen LogP contribution is 2.50. The van der Waals surface area contributed by atoms with Crippen molar-refractivity contribution in [1.29, 1.82) is 0 Å². The van der Waals surface area contributed by atoms with E-state index in [0.29, 0.717) is 10.7 Å². The minimum absolute atomic E-state index is 0.219. The molecule has 0 aliphatic heterocycles. The van der Waals surface area contributed by atoms with Crippen LogP contribution in [0.25, 0.3) is 0 Å². The lowest BCUT2D eigenvalue weighted by Gasteiger charge is -2.09. The monoisotopic (exact) mass is 293 g/mol. The van der Waals surface area contributed by atoms with Crippen LogP contribution in [0.2, 0.25) is 0 Å². The molecule has 0 radical (unpaired) electrons. The minimum atomic E-state index is -4.21. The average Bonchev–Trinajstić information content (AvgIpc) is 3.02. The highest BCUT2D eigenvalue weighted by atomic mass is 32.1. The molecule has 1 heterocycles. The molecule has 0 saturated heterocycles. The van der Waals surface area contributed by atoms with Crippen LogP contribution in [0.4, 0.5) is 23.9 Å². The van der Waals surface area contributed by atoms with Crippen molar-refractivity contribution in [2.24, 2.45) is 5.73 Å². The number of nitrogens with one attached hydrogen (secondary N) is 1. The number of halogens is 3. The first-order valence-electron chi connectivity index (χ1n) is 5.82. The van der Waals surface area contributed by atoms with Gasteiger partial charge in [0.1, 0.15) is 4.88 Å². The molecule has 19 heavy (non-hydrogen) atoms. The fraction of sp³-hybridized carbons (Fsp3) is 0.545. The number of primary amides is 1. The third-order valence-corrected chi connectivity index (χ3v) is 4.08. The second-order valence-electron chi connectivity index (χ2n) is 4.52. The van der Waals surface area contributed by atoms with E-state index in [0.717, 1.165) is 29.7 Å². The van der Waals surface area contributed by atoms with Crippen molar-refractivity contribution >= 4 is 27.9 Å². The molecular weight excluding hydrogens is 279 g/mol. The topological polar surface area (TPSA) is 81.1 Å². The van der Waals surface area contributed by atoms with E-state index in [2.05, 4.69) is 5.32 Å². The molecule has 1 saturated carbocycles. The van der Waals surface area contributed by atoms with Crippen LogP contribution in [0.1, 0.15) is 40.4 Å². The zero-order valence-corrected chi connectivity index (χ0v) is 10.8. The highest BCUT2D eigenvalue weighted by molar-refractivity contribution is 7.18. The summed E-state index contributed by atoms with van der Waals surface area (Å²) in [6.45, 7) is -0.235. The Kier molecular flexibility index (Phi) is 3.62. The van der Waals surface area contributed by atoms with Crippen LogP contribution < -0.4 is 16.8 Å². The Morgan fingerprint density at radius 3 is 2.53 bits per heavy atom. The van der Waals surface area contributed by atoms with Crippen LogP contribution in [-0.2, 0) is 0 Å². The summed E-state index contributed by atoms with van der Waals surface area (Å²) < 4.78 is 36.3. The number of nitrogens with two attached hydrogens (primary N) is 2. The molecule has 0 unspecified atom stereocenters. The zero-order chi connectivity index (χ0) is 14.2. The maximum atomic E-state index is 12.1. The summed E-state index contributed by atoms with van der Waals surface area (Å²) in [4.78, 5) is 11.4. The van der Waals surface area contributed by atoms with E-state index in [1.165, 1.54) is 0 Å². The molecule has 0 atom stereocenters. The minimum Gasteiger partial charge on any atom is -0.397 e. The van der Waals surface area contributed by atoms with Gasteiger partial charge in [0.2, 0.25) is 0 Å². The SMILES string of the molecule is NC(=O)c1sc(NCCC(F)(F)F)c(C2CC2)c1N. The highest BCUT2D eigenvalue weighted by Gasteiger charge is 2.33. The van der Waals surface area contributed by atoms with Gasteiger partial charge in [-0.1, -0.05) is 0 Å². The van der Waals surface area contributed by atoms with Gasteiger partial charge in [0.05, 0.1) is 17.1 Å². The predicted octanol–water partition coefficient (Wildman–Crippen LogP) is 2.67. The smallest absolute Gasteiger partial charge is 0.390 e. The van der Waals surface area contributed by atoms with Crippen molar-refractivity contribution in [3.63, 3.8) is 0 Å². The number of alkyl halides is 3. The molecule has 8 heteroatoms. The van der Waals surface area contributed by atoms with Gasteiger partial charge in [-0.05, 0) is 18.8 Å². The van der Waals surface area contributed by atoms with Crippen LogP contribution >= 0.6 is 11.3 Å². The molecule has 106 valence electrons. The summed E-state index contributed by atoms with van der Waals surface area (Å²) in [5.41, 5.74) is 12.1. The first kappa shape index (κ1) is 14.0. The first-order valence-corrected chi connectivity index (χ1v) is 6.64. The average molecular weight is 293 g/mol. The lowest BCUT2D eigenvalue weighted by Crippen LogP contribution is -2.14. The van der Waals surface area contributed by atoms with Crippen LogP contribution in [-0.4, -0.2) is 18.6 Å². The number of rotatable bonds is 5. The fourth-order valence-corrected chi connectivity index (χ4v) is 2.95. The number of hydrogen-bond acceptors (Lipinski definition) is 4. The lowest BCUT2D eigenvalue weighted by atomic mass is 10.1. The van der Waals surface area contributed by atoms with Crippen LogP contribution in [0.5, 0.6) is 0 Å². The summed E-state index contributed by atoms with van der Waals surface area (Å²) >= 11 is 1.04. The van der Waals surface area contributed by atoms with Gasteiger partial charge in [0.15, 0.2) is 0 Å². The Morgan fingerprint density at radius 2 is 2.05 bits per heavy atom. The van der Waals surface area contributed by atoms with E-state index in [4.69, 9.17) is 11.5 Å². The lowest BCUT2D eigenvalue weighted by molar-refractivity contribution is -0.131. The third kappa shape index (κ3) is 3.31. The number of hydrogen-bond donors (Lipinski definition) is 3. The molecule has 0 bridgehead atoms. The Balaban J connectivity index is 2.15. The summed E-state index contributed by atoms with van der Waals surface area (Å²) in [6, 6.07) is 0. The van der Waals surface area contributed by atoms with Crippen LogP contribution in [0, 0.1) is 0 Å². The Hall–Kier alpha value is -1.44. The van der Waals surface area contributed by atoms with Crippen molar-refractivity contribution in [2.45, 2.75) is 31.4 Å². The first-order chi connectivity index (χ1) is 8.79. The zero-order valence-electron chi connectivity index (χ0n) is 10.0. The number of carbonyl (C=O) groups is 1. The van der Waals surface area contributed by atoms with Gasteiger partial charge in [0.25, 0.3) is 5.91 Å². The second kappa shape index (κ2) is 4.92. The van der Waals surface area contributed by atoms with Crippen molar-refractivity contribution in [3.8, 4) is 0 Å². The van der Waals surface area contributed by atoms with Gasteiger partial charge in [-0.3, -0.25) is 4.79 Å². The molecule has 1 fully saturated rings. The Bertz CT molecular complexity index is 494. The maximum absolute atomic E-state index is 12.1. The molecule has 1 amide bonds. The molecule has 0 aromatic carbocycles. The molecule has 4 nitrogen and oxygen atoms in total. The van der Waals surface area contributed by atoms with Gasteiger partial charge in [-0.25, -0.2) is 0 Å². The Morgan fingerprint density at radius 1 is 1.42 bits per heavy atom. The number of amides is 1. The van der Waals surface area contributed by atoms with Crippen molar-refractivity contribution in [1.82, 2.24) is 0 Å². The van der Waals surface area contributed by atoms with Crippen molar-refractivity contribution in [2.75, 3.05) is 17.6 Å². The number of thiophene rings is 1. The third-order valence-electron chi connectivity index (χ3n) is 2.89. The summed E-state index contributed by atoms with van der Waals surface area (Å²) in [7, 11) is 0. The molecule has 5 N–H and O–H groups in total. The molecule has 1 aliphatic carbocycles. The van der Waals surface area contributed by atoms with Gasteiger partial charge >= 0.3 is 6.18 Å². The second-order valence-corrected chi connectivity index (χ2v) is 5.54. The molecule has 1 aliphatic rings. The molecule has 1 aromatic rings. The standard InChI is InChI=1S/C11H14F3N3OS/c12-11(13,14)3-4-17-10-6(5-1-2-5)7(15)8(19-10)9(16)18/h5,17H,1-4,15H2,(H2,16,18). The van der Waals surface area contributed by atoms with Crippen molar-refractivity contribution < 1.29 is 18.0 Å². The summed E-state index contributed by atoms with van der Waals surface area (Å²) in [5.74, 6) is -0.411. The number of carbonyl (C=O) groups excluding carboxylic acids is 1. The van der Waals surface area contributed by atoms with Crippen LogP contribution in [0.3, 0.4) is 0 Å². The maximum Gasteiger partial charge on any atom is 0.390 e. The van der Waals surface area contributed by atoms with E-state index in [-0.39, 0.29) is 17.3 Å². The predicted molar refractivity (Wildman–Crippen MR) is 68.4 cm³/mol. The molecule has 1 aromatic heterocycles. The van der Waals surface area contributed by atoms with Gasteiger partial charge in [0, 0.05) is 12.1 Å².